The Bertz CT molecular complexity index is 1410. The number of carbonyl (C=O) groups excluding carboxylic acids is 1. The van der Waals surface area contributed by atoms with Gasteiger partial charge in [0, 0.05) is 18.7 Å². The van der Waals surface area contributed by atoms with Crippen LogP contribution in [0, 0.1) is 13.8 Å². The fourth-order valence-electron chi connectivity index (χ4n) is 3.97. The van der Waals surface area contributed by atoms with Gasteiger partial charge in [0.05, 0.1) is 24.1 Å². The number of benzene rings is 1. The minimum atomic E-state index is -4.71. The lowest BCUT2D eigenvalue weighted by Crippen LogP contribution is -2.31. The predicted molar refractivity (Wildman–Crippen MR) is 126 cm³/mol. The van der Waals surface area contributed by atoms with Crippen LogP contribution in [0.15, 0.2) is 40.8 Å². The van der Waals surface area contributed by atoms with Crippen LogP contribution in [0.5, 0.6) is 11.6 Å². The van der Waals surface area contributed by atoms with Gasteiger partial charge in [0.1, 0.15) is 23.0 Å². The summed E-state index contributed by atoms with van der Waals surface area (Å²) in [6.45, 7) is 4.63. The van der Waals surface area contributed by atoms with Crippen molar-refractivity contribution >= 4 is 16.9 Å². The van der Waals surface area contributed by atoms with Crippen molar-refractivity contribution < 1.29 is 31.9 Å². The van der Waals surface area contributed by atoms with Crippen molar-refractivity contribution in [3.63, 3.8) is 0 Å². The Morgan fingerprint density at radius 3 is 2.47 bits per heavy atom. The number of furan rings is 1. The fourth-order valence-corrected chi connectivity index (χ4v) is 3.97. The van der Waals surface area contributed by atoms with Gasteiger partial charge in [-0.2, -0.15) is 23.3 Å². The van der Waals surface area contributed by atoms with Crippen LogP contribution >= 0.6 is 0 Å². The highest BCUT2D eigenvalue weighted by Crippen LogP contribution is 2.41. The molecule has 4 rings (SSSR count). The van der Waals surface area contributed by atoms with Gasteiger partial charge < -0.3 is 19.2 Å². The number of carbonyl (C=O) groups is 1. The number of rotatable bonds is 7. The molecule has 11 heteroatoms. The number of alkyl halides is 3. The molecule has 1 aromatic carbocycles. The van der Waals surface area contributed by atoms with Gasteiger partial charge in [0.2, 0.25) is 5.88 Å². The molecule has 0 aliphatic heterocycles. The van der Waals surface area contributed by atoms with Crippen molar-refractivity contribution in [2.24, 2.45) is 7.05 Å². The molecule has 3 aromatic heterocycles. The standard InChI is InChI=1S/C25H25F3N4O4/c1-13-10-18(15(3)36-13)23-22-19(25(26,27)28)11-21(30-24(22)32(4)31-23)35-12-20(33)29-14(2)16-6-8-17(34-5)9-7-16/h6-11,14H,12H2,1-5H3,(H,29,33). The van der Waals surface area contributed by atoms with E-state index in [9.17, 15) is 18.0 Å². The van der Waals surface area contributed by atoms with E-state index in [1.807, 2.05) is 0 Å². The molecule has 36 heavy (non-hydrogen) atoms. The molecule has 1 N–H and O–H groups in total. The number of aryl methyl sites for hydroxylation is 3. The predicted octanol–water partition coefficient (Wildman–Crippen LogP) is 5.13. The number of methoxy groups -OCH3 is 1. The summed E-state index contributed by atoms with van der Waals surface area (Å²) in [7, 11) is 3.05. The molecule has 0 radical (unpaired) electrons. The first kappa shape index (κ1) is 25.1. The van der Waals surface area contributed by atoms with Crippen LogP contribution in [0.4, 0.5) is 13.2 Å². The minimum Gasteiger partial charge on any atom is -0.497 e. The van der Waals surface area contributed by atoms with Gasteiger partial charge in [-0.3, -0.25) is 4.79 Å². The number of pyridine rings is 1. The van der Waals surface area contributed by atoms with Crippen molar-refractivity contribution in [3.05, 3.63) is 59.0 Å². The first-order valence-corrected chi connectivity index (χ1v) is 11.1. The average Bonchev–Trinajstić information content (AvgIpc) is 3.34. The van der Waals surface area contributed by atoms with E-state index < -0.39 is 24.3 Å². The topological polar surface area (TPSA) is 91.4 Å². The zero-order valence-corrected chi connectivity index (χ0v) is 20.4. The summed E-state index contributed by atoms with van der Waals surface area (Å²) in [6, 6.07) is 9.21. The number of ether oxygens (including phenoxy) is 2. The maximum Gasteiger partial charge on any atom is 0.417 e. The van der Waals surface area contributed by atoms with Gasteiger partial charge in [-0.25, -0.2) is 4.68 Å². The summed E-state index contributed by atoms with van der Waals surface area (Å²) in [5.41, 5.74) is 0.399. The molecular weight excluding hydrogens is 477 g/mol. The van der Waals surface area contributed by atoms with E-state index in [4.69, 9.17) is 13.9 Å². The second kappa shape index (κ2) is 9.56. The average molecular weight is 502 g/mol. The Balaban J connectivity index is 1.59. The summed E-state index contributed by atoms with van der Waals surface area (Å²) in [4.78, 5) is 16.6. The van der Waals surface area contributed by atoms with E-state index in [-0.39, 0.29) is 28.6 Å². The molecule has 0 saturated heterocycles. The summed E-state index contributed by atoms with van der Waals surface area (Å²) >= 11 is 0. The van der Waals surface area contributed by atoms with Gasteiger partial charge in [-0.1, -0.05) is 12.1 Å². The van der Waals surface area contributed by atoms with Crippen molar-refractivity contribution in [3.8, 4) is 22.9 Å². The SMILES string of the molecule is COc1ccc(C(C)NC(=O)COc2cc(C(F)(F)F)c3c(-c4cc(C)oc4C)nn(C)c3n2)cc1. The molecule has 0 spiro atoms. The van der Waals surface area contributed by atoms with E-state index in [0.29, 0.717) is 22.8 Å². The molecule has 1 atom stereocenters. The van der Waals surface area contributed by atoms with Gasteiger partial charge >= 0.3 is 6.18 Å². The third kappa shape index (κ3) is 5.00. The molecule has 0 aliphatic carbocycles. The number of amides is 1. The Morgan fingerprint density at radius 2 is 1.89 bits per heavy atom. The Hall–Kier alpha value is -4.02. The molecule has 4 aromatic rings. The molecule has 0 fully saturated rings. The van der Waals surface area contributed by atoms with Crippen LogP contribution in [0.25, 0.3) is 22.3 Å². The molecular formula is C25H25F3N4O4. The zero-order chi connectivity index (χ0) is 26.2. The number of hydrogen-bond donors (Lipinski definition) is 1. The molecule has 190 valence electrons. The first-order chi connectivity index (χ1) is 17.0. The van der Waals surface area contributed by atoms with Gasteiger partial charge in [0.15, 0.2) is 12.3 Å². The monoisotopic (exact) mass is 502 g/mol. The Kier molecular flexibility index (Phi) is 6.66. The number of hydrogen-bond acceptors (Lipinski definition) is 6. The minimum absolute atomic E-state index is 0.0277. The number of fused-ring (bicyclic) bond motifs is 1. The van der Waals surface area contributed by atoms with Gasteiger partial charge in [0.25, 0.3) is 5.91 Å². The molecule has 0 aliphatic rings. The molecule has 3 heterocycles. The second-order valence-corrected chi connectivity index (χ2v) is 8.35. The van der Waals surface area contributed by atoms with Crippen LogP contribution < -0.4 is 14.8 Å². The molecule has 0 saturated carbocycles. The highest BCUT2D eigenvalue weighted by Gasteiger charge is 2.37. The number of halogens is 3. The summed E-state index contributed by atoms with van der Waals surface area (Å²) in [5.74, 6) is 0.834. The van der Waals surface area contributed by atoms with Gasteiger partial charge in [-0.15, -0.1) is 0 Å². The third-order valence-electron chi connectivity index (χ3n) is 5.72. The highest BCUT2D eigenvalue weighted by molar-refractivity contribution is 5.95. The summed E-state index contributed by atoms with van der Waals surface area (Å²) in [6.07, 6.45) is -4.71. The zero-order valence-electron chi connectivity index (χ0n) is 20.4. The number of nitrogens with zero attached hydrogens (tertiary/aromatic N) is 3. The van der Waals surface area contributed by atoms with Crippen LogP contribution in [0.3, 0.4) is 0 Å². The van der Waals surface area contributed by atoms with Crippen LogP contribution in [0.2, 0.25) is 0 Å². The fraction of sp³-hybridized carbons (Fsp3) is 0.320. The molecule has 8 nitrogen and oxygen atoms in total. The van der Waals surface area contributed by atoms with E-state index in [1.54, 1.807) is 58.2 Å². The van der Waals surface area contributed by atoms with E-state index in [1.165, 1.54) is 11.7 Å². The van der Waals surface area contributed by atoms with E-state index >= 15 is 0 Å². The second-order valence-electron chi connectivity index (χ2n) is 8.35. The smallest absolute Gasteiger partial charge is 0.417 e. The van der Waals surface area contributed by atoms with Crippen LogP contribution in [-0.2, 0) is 18.0 Å². The Morgan fingerprint density at radius 1 is 1.19 bits per heavy atom. The van der Waals surface area contributed by atoms with E-state index in [0.717, 1.165) is 11.6 Å². The van der Waals surface area contributed by atoms with E-state index in [2.05, 4.69) is 15.4 Å². The Labute approximate surface area is 205 Å². The largest absolute Gasteiger partial charge is 0.497 e. The van der Waals surface area contributed by atoms with Crippen molar-refractivity contribution in [1.29, 1.82) is 0 Å². The lowest BCUT2D eigenvalue weighted by atomic mass is 10.1. The lowest BCUT2D eigenvalue weighted by Gasteiger charge is -2.15. The quantitative estimate of drug-likeness (QED) is 0.377. The third-order valence-corrected chi connectivity index (χ3v) is 5.72. The maximum absolute atomic E-state index is 14.1. The lowest BCUT2D eigenvalue weighted by molar-refractivity contribution is -0.136. The maximum atomic E-state index is 14.1. The first-order valence-electron chi connectivity index (χ1n) is 11.1. The van der Waals surface area contributed by atoms with Crippen molar-refractivity contribution in [2.75, 3.05) is 13.7 Å². The van der Waals surface area contributed by atoms with Crippen LogP contribution in [0.1, 0.15) is 35.6 Å². The molecule has 1 unspecified atom stereocenters. The molecule has 1 amide bonds. The number of aromatic nitrogens is 3. The van der Waals surface area contributed by atoms with Crippen molar-refractivity contribution in [2.45, 2.75) is 33.0 Å². The van der Waals surface area contributed by atoms with Crippen molar-refractivity contribution in [1.82, 2.24) is 20.1 Å². The normalized spacial score (nSPS) is 12.6. The summed E-state index contributed by atoms with van der Waals surface area (Å²) < 4.78 is 59.5. The van der Waals surface area contributed by atoms with Crippen LogP contribution in [-0.4, -0.2) is 34.4 Å². The van der Waals surface area contributed by atoms with Gasteiger partial charge in [-0.05, 0) is 44.5 Å². The molecule has 0 bridgehead atoms. The number of nitrogens with one attached hydrogen (secondary N) is 1. The highest BCUT2D eigenvalue weighted by atomic mass is 19.4. The summed E-state index contributed by atoms with van der Waals surface area (Å²) in [5, 5.41) is 6.86.